The van der Waals surface area contributed by atoms with Crippen LogP contribution in [0, 0.1) is 17.0 Å². The summed E-state index contributed by atoms with van der Waals surface area (Å²) in [7, 11) is 3.53. The molecular weight excluding hydrogens is 284 g/mol. The third-order valence-electron chi connectivity index (χ3n) is 3.07. The molecule has 0 saturated carbocycles. The van der Waals surface area contributed by atoms with Gasteiger partial charge >= 0.3 is 0 Å². The lowest BCUT2D eigenvalue weighted by Crippen LogP contribution is -2.19. The summed E-state index contributed by atoms with van der Waals surface area (Å²) >= 11 is 0. The number of carbonyl (C=O) groups is 1. The van der Waals surface area contributed by atoms with Crippen molar-refractivity contribution in [3.8, 4) is 0 Å². The minimum atomic E-state index is -0.527. The number of amides is 1. The first-order chi connectivity index (χ1) is 10.4. The molecule has 0 saturated heterocycles. The summed E-state index contributed by atoms with van der Waals surface area (Å²) in [4.78, 5) is 28.6. The van der Waals surface area contributed by atoms with E-state index in [1.807, 2.05) is 13.0 Å². The van der Waals surface area contributed by atoms with Gasteiger partial charge in [-0.1, -0.05) is 0 Å². The Kier molecular flexibility index (Phi) is 4.36. The van der Waals surface area contributed by atoms with Crippen molar-refractivity contribution in [2.24, 2.45) is 0 Å². The lowest BCUT2D eigenvalue weighted by atomic mass is 10.1. The quantitative estimate of drug-likeness (QED) is 0.692. The van der Waals surface area contributed by atoms with Gasteiger partial charge in [0.2, 0.25) is 0 Å². The molecule has 1 aromatic carbocycles. The van der Waals surface area contributed by atoms with Crippen molar-refractivity contribution in [3.05, 3.63) is 57.8 Å². The van der Waals surface area contributed by atoms with E-state index in [4.69, 9.17) is 0 Å². The molecule has 0 spiro atoms. The molecule has 0 aliphatic rings. The van der Waals surface area contributed by atoms with Crippen LogP contribution in [-0.2, 0) is 0 Å². The molecule has 0 fully saturated rings. The van der Waals surface area contributed by atoms with Crippen LogP contribution in [0.25, 0.3) is 0 Å². The Morgan fingerprint density at radius 2 is 2.00 bits per heavy atom. The molecule has 22 heavy (non-hydrogen) atoms. The summed E-state index contributed by atoms with van der Waals surface area (Å²) in [6.07, 6.45) is 1.59. The van der Waals surface area contributed by atoms with E-state index in [1.54, 1.807) is 37.3 Å². The third-order valence-corrected chi connectivity index (χ3v) is 3.07. The molecule has 0 radical (unpaired) electrons. The number of rotatable bonds is 4. The molecule has 2 rings (SSSR count). The molecular formula is C15H16N4O3. The van der Waals surface area contributed by atoms with E-state index in [1.165, 1.54) is 12.1 Å². The van der Waals surface area contributed by atoms with Crippen molar-refractivity contribution >= 4 is 23.1 Å². The van der Waals surface area contributed by atoms with Crippen LogP contribution >= 0.6 is 0 Å². The van der Waals surface area contributed by atoms with Crippen LogP contribution in [-0.4, -0.2) is 29.9 Å². The van der Waals surface area contributed by atoms with Crippen molar-refractivity contribution < 1.29 is 9.72 Å². The number of nitro groups is 1. The number of nitrogens with zero attached hydrogens (tertiary/aromatic N) is 3. The van der Waals surface area contributed by atoms with Gasteiger partial charge in [-0.05, 0) is 30.7 Å². The van der Waals surface area contributed by atoms with Crippen LogP contribution in [0.5, 0.6) is 0 Å². The SMILES string of the molecule is Cc1ccnc(NC(=O)c2cc([N+](=O)[O-])ccc2N(C)C)c1. The highest BCUT2D eigenvalue weighted by Crippen LogP contribution is 2.25. The fourth-order valence-electron chi connectivity index (χ4n) is 2.00. The Hall–Kier alpha value is -2.96. The van der Waals surface area contributed by atoms with Gasteiger partial charge in [-0.25, -0.2) is 4.98 Å². The van der Waals surface area contributed by atoms with E-state index in [9.17, 15) is 14.9 Å². The summed E-state index contributed by atoms with van der Waals surface area (Å²) in [5.74, 6) is -0.0355. The van der Waals surface area contributed by atoms with Gasteiger partial charge in [0.1, 0.15) is 5.82 Å². The predicted molar refractivity (Wildman–Crippen MR) is 84.4 cm³/mol. The monoisotopic (exact) mass is 300 g/mol. The largest absolute Gasteiger partial charge is 0.377 e. The van der Waals surface area contributed by atoms with E-state index in [2.05, 4.69) is 10.3 Å². The molecule has 7 nitrogen and oxygen atoms in total. The maximum absolute atomic E-state index is 12.4. The van der Waals surface area contributed by atoms with Crippen LogP contribution < -0.4 is 10.2 Å². The summed E-state index contributed by atoms with van der Waals surface area (Å²) in [6, 6.07) is 7.73. The predicted octanol–water partition coefficient (Wildman–Crippen LogP) is 2.62. The highest BCUT2D eigenvalue weighted by Gasteiger charge is 2.18. The zero-order valence-corrected chi connectivity index (χ0v) is 12.5. The van der Waals surface area contributed by atoms with Gasteiger partial charge in [-0.2, -0.15) is 0 Å². The fraction of sp³-hybridized carbons (Fsp3) is 0.200. The van der Waals surface area contributed by atoms with Gasteiger partial charge in [-0.3, -0.25) is 14.9 Å². The summed E-state index contributed by atoms with van der Waals surface area (Å²) < 4.78 is 0. The second-order valence-corrected chi connectivity index (χ2v) is 5.03. The van der Waals surface area contributed by atoms with Crippen molar-refractivity contribution in [3.63, 3.8) is 0 Å². The number of benzene rings is 1. The number of hydrogen-bond acceptors (Lipinski definition) is 5. The van der Waals surface area contributed by atoms with Gasteiger partial charge < -0.3 is 10.2 Å². The topological polar surface area (TPSA) is 88.4 Å². The Bertz CT molecular complexity index is 728. The van der Waals surface area contributed by atoms with Crippen LogP contribution in [0.2, 0.25) is 0 Å². The zero-order chi connectivity index (χ0) is 16.3. The Morgan fingerprint density at radius 3 is 2.59 bits per heavy atom. The molecule has 0 aliphatic carbocycles. The first kappa shape index (κ1) is 15.4. The molecule has 0 unspecified atom stereocenters. The minimum absolute atomic E-state index is 0.132. The van der Waals surface area contributed by atoms with E-state index in [0.717, 1.165) is 5.56 Å². The first-order valence-electron chi connectivity index (χ1n) is 6.58. The van der Waals surface area contributed by atoms with Gasteiger partial charge in [-0.15, -0.1) is 0 Å². The van der Waals surface area contributed by atoms with E-state index < -0.39 is 10.8 Å². The van der Waals surface area contributed by atoms with Crippen molar-refractivity contribution in [2.45, 2.75) is 6.92 Å². The highest BCUT2D eigenvalue weighted by molar-refractivity contribution is 6.08. The minimum Gasteiger partial charge on any atom is -0.377 e. The lowest BCUT2D eigenvalue weighted by Gasteiger charge is -2.16. The molecule has 2 aromatic rings. The van der Waals surface area contributed by atoms with E-state index >= 15 is 0 Å². The maximum Gasteiger partial charge on any atom is 0.270 e. The summed E-state index contributed by atoms with van der Waals surface area (Å²) in [5, 5.41) is 13.6. The number of nitro benzene ring substituents is 1. The van der Waals surface area contributed by atoms with Crippen molar-refractivity contribution in [2.75, 3.05) is 24.3 Å². The molecule has 7 heteroatoms. The van der Waals surface area contributed by atoms with Crippen LogP contribution in [0.1, 0.15) is 15.9 Å². The zero-order valence-electron chi connectivity index (χ0n) is 12.5. The number of nitrogens with one attached hydrogen (secondary N) is 1. The normalized spacial score (nSPS) is 10.1. The van der Waals surface area contributed by atoms with Crippen molar-refractivity contribution in [1.82, 2.24) is 4.98 Å². The molecule has 1 N–H and O–H groups in total. The summed E-state index contributed by atoms with van der Waals surface area (Å²) in [5.41, 5.74) is 1.64. The van der Waals surface area contributed by atoms with E-state index in [0.29, 0.717) is 11.5 Å². The number of aromatic nitrogens is 1. The fourth-order valence-corrected chi connectivity index (χ4v) is 2.00. The Labute approximate surface area is 127 Å². The second-order valence-electron chi connectivity index (χ2n) is 5.03. The van der Waals surface area contributed by atoms with Crippen LogP contribution in [0.3, 0.4) is 0 Å². The number of carbonyl (C=O) groups excluding carboxylic acids is 1. The maximum atomic E-state index is 12.4. The first-order valence-corrected chi connectivity index (χ1v) is 6.58. The standard InChI is InChI=1S/C15H16N4O3/c1-10-6-7-16-14(8-10)17-15(20)12-9-11(19(21)22)4-5-13(12)18(2)3/h4-9H,1-3H3,(H,16,17,20). The molecule has 1 aromatic heterocycles. The average molecular weight is 300 g/mol. The van der Waals surface area contributed by atoms with Gasteiger partial charge in [0.25, 0.3) is 11.6 Å². The van der Waals surface area contributed by atoms with Gasteiger partial charge in [0.05, 0.1) is 10.5 Å². The lowest BCUT2D eigenvalue weighted by molar-refractivity contribution is -0.384. The number of hydrogen-bond donors (Lipinski definition) is 1. The number of aryl methyl sites for hydroxylation is 1. The third kappa shape index (κ3) is 3.38. The highest BCUT2D eigenvalue weighted by atomic mass is 16.6. The Balaban J connectivity index is 2.38. The Morgan fingerprint density at radius 1 is 1.27 bits per heavy atom. The number of anilines is 2. The molecule has 1 heterocycles. The molecule has 1 amide bonds. The van der Waals surface area contributed by atoms with Crippen LogP contribution in [0.4, 0.5) is 17.2 Å². The molecule has 0 bridgehead atoms. The van der Waals surface area contributed by atoms with Crippen LogP contribution in [0.15, 0.2) is 36.5 Å². The molecule has 0 atom stereocenters. The smallest absolute Gasteiger partial charge is 0.270 e. The van der Waals surface area contributed by atoms with Gasteiger partial charge in [0, 0.05) is 38.1 Å². The number of pyridine rings is 1. The second kappa shape index (κ2) is 6.21. The van der Waals surface area contributed by atoms with Gasteiger partial charge in [0.15, 0.2) is 0 Å². The van der Waals surface area contributed by atoms with E-state index in [-0.39, 0.29) is 11.3 Å². The number of non-ortho nitro benzene ring substituents is 1. The molecule has 0 aliphatic heterocycles. The van der Waals surface area contributed by atoms with Crippen molar-refractivity contribution in [1.29, 1.82) is 0 Å². The summed E-state index contributed by atoms with van der Waals surface area (Å²) in [6.45, 7) is 1.88. The molecule has 114 valence electrons. The average Bonchev–Trinajstić information content (AvgIpc) is 2.46.